The summed E-state index contributed by atoms with van der Waals surface area (Å²) >= 11 is 0. The number of methoxy groups -OCH3 is 1. The summed E-state index contributed by atoms with van der Waals surface area (Å²) in [5, 5.41) is 15.8. The number of rotatable bonds is 4. The first-order valence-electron chi connectivity index (χ1n) is 8.66. The van der Waals surface area contributed by atoms with Gasteiger partial charge in [0.15, 0.2) is 5.82 Å². The number of anilines is 2. The number of hydrogen-bond donors (Lipinski definition) is 3. The topological polar surface area (TPSA) is 138 Å². The van der Waals surface area contributed by atoms with Crippen molar-refractivity contribution in [2.75, 3.05) is 18.6 Å². The van der Waals surface area contributed by atoms with Crippen molar-refractivity contribution in [3.8, 4) is 22.6 Å². The van der Waals surface area contributed by atoms with Crippen molar-refractivity contribution < 1.29 is 4.74 Å². The van der Waals surface area contributed by atoms with Gasteiger partial charge in [-0.15, -0.1) is 0 Å². The molecule has 0 saturated heterocycles. The van der Waals surface area contributed by atoms with Crippen LogP contribution in [0.4, 0.5) is 11.6 Å². The van der Waals surface area contributed by atoms with E-state index in [1.54, 1.807) is 23.9 Å². The molecule has 1 aliphatic rings. The summed E-state index contributed by atoms with van der Waals surface area (Å²) < 4.78 is 9.02. The lowest BCUT2D eigenvalue weighted by atomic mass is 9.89. The van der Waals surface area contributed by atoms with Gasteiger partial charge in [0, 0.05) is 19.4 Å². The van der Waals surface area contributed by atoms with Crippen LogP contribution in [0.25, 0.3) is 28.2 Å². The Kier molecular flexibility index (Phi) is 3.41. The molecule has 138 valence electrons. The zero-order chi connectivity index (χ0) is 18.5. The highest BCUT2D eigenvalue weighted by atomic mass is 16.5. The molecule has 27 heavy (non-hydrogen) atoms. The molecule has 10 nitrogen and oxygen atoms in total. The van der Waals surface area contributed by atoms with Crippen molar-refractivity contribution in [2.24, 2.45) is 0 Å². The summed E-state index contributed by atoms with van der Waals surface area (Å²) in [6.45, 7) is 0. The number of aromatic amines is 1. The van der Waals surface area contributed by atoms with Crippen molar-refractivity contribution >= 4 is 17.2 Å². The van der Waals surface area contributed by atoms with Crippen LogP contribution in [-0.4, -0.2) is 47.8 Å². The van der Waals surface area contributed by atoms with E-state index in [2.05, 4.69) is 20.4 Å². The number of ether oxygens (including phenoxy) is 1. The fraction of sp³-hybridized carbons (Fsp3) is 0.294. The van der Waals surface area contributed by atoms with Gasteiger partial charge in [0.25, 0.3) is 0 Å². The predicted molar refractivity (Wildman–Crippen MR) is 99.7 cm³/mol. The van der Waals surface area contributed by atoms with E-state index < -0.39 is 0 Å². The van der Waals surface area contributed by atoms with Gasteiger partial charge in [-0.3, -0.25) is 9.78 Å². The Bertz CT molecular complexity index is 1120. The van der Waals surface area contributed by atoms with Crippen LogP contribution in [-0.2, 0) is 4.74 Å². The second-order valence-electron chi connectivity index (χ2n) is 6.74. The Morgan fingerprint density at radius 3 is 2.81 bits per heavy atom. The van der Waals surface area contributed by atoms with Crippen LogP contribution in [0, 0.1) is 0 Å². The quantitative estimate of drug-likeness (QED) is 0.498. The lowest BCUT2D eigenvalue weighted by molar-refractivity contribution is 0.00258. The average Bonchev–Trinajstić information content (AvgIpc) is 3.33. The fourth-order valence-electron chi connectivity index (χ4n) is 3.44. The highest BCUT2D eigenvalue weighted by Gasteiger charge is 2.32. The van der Waals surface area contributed by atoms with E-state index in [-0.39, 0.29) is 6.10 Å². The number of nitrogens with zero attached hydrogens (tertiary/aromatic N) is 6. The van der Waals surface area contributed by atoms with Gasteiger partial charge < -0.3 is 16.2 Å². The molecule has 10 heteroatoms. The van der Waals surface area contributed by atoms with Crippen LogP contribution >= 0.6 is 0 Å². The summed E-state index contributed by atoms with van der Waals surface area (Å²) in [6.07, 6.45) is 7.63. The van der Waals surface area contributed by atoms with Gasteiger partial charge in [0.2, 0.25) is 0 Å². The zero-order valence-corrected chi connectivity index (χ0v) is 14.7. The summed E-state index contributed by atoms with van der Waals surface area (Å²) in [5.74, 6) is 0.907. The van der Waals surface area contributed by atoms with Gasteiger partial charge in [-0.1, -0.05) is 0 Å². The maximum Gasteiger partial charge on any atom is 0.155 e. The molecule has 0 unspecified atom stereocenters. The largest absolute Gasteiger partial charge is 0.384 e. The van der Waals surface area contributed by atoms with Gasteiger partial charge in [-0.05, 0) is 18.9 Å². The number of nitrogens with two attached hydrogens (primary N) is 2. The highest BCUT2D eigenvalue weighted by molar-refractivity contribution is 5.83. The molecule has 4 aromatic heterocycles. The molecular weight excluding hydrogens is 346 g/mol. The van der Waals surface area contributed by atoms with E-state index in [0.29, 0.717) is 34.8 Å². The third-order valence-electron chi connectivity index (χ3n) is 5.04. The zero-order valence-electron chi connectivity index (χ0n) is 14.7. The summed E-state index contributed by atoms with van der Waals surface area (Å²) in [5.41, 5.74) is 15.6. The van der Waals surface area contributed by atoms with Crippen molar-refractivity contribution in [3.05, 3.63) is 30.7 Å². The van der Waals surface area contributed by atoms with Crippen molar-refractivity contribution in [1.82, 2.24) is 34.6 Å². The van der Waals surface area contributed by atoms with Crippen LogP contribution in [0.15, 0.2) is 30.7 Å². The first kappa shape index (κ1) is 15.8. The maximum atomic E-state index is 6.24. The van der Waals surface area contributed by atoms with Crippen LogP contribution in [0.1, 0.15) is 18.9 Å². The van der Waals surface area contributed by atoms with E-state index in [1.807, 2.05) is 23.1 Å². The van der Waals surface area contributed by atoms with Gasteiger partial charge >= 0.3 is 0 Å². The number of nitrogens with one attached hydrogen (secondary N) is 1. The molecule has 0 amide bonds. The molecule has 1 aliphatic carbocycles. The molecule has 4 heterocycles. The van der Waals surface area contributed by atoms with Gasteiger partial charge in [-0.25, -0.2) is 9.50 Å². The third kappa shape index (κ3) is 2.53. The van der Waals surface area contributed by atoms with E-state index in [9.17, 15) is 0 Å². The predicted octanol–water partition coefficient (Wildman–Crippen LogP) is 1.50. The lowest BCUT2D eigenvalue weighted by Crippen LogP contribution is -2.32. The molecule has 4 aromatic rings. The molecule has 5 rings (SSSR count). The summed E-state index contributed by atoms with van der Waals surface area (Å²) in [6, 6.07) is 3.92. The van der Waals surface area contributed by atoms with Crippen LogP contribution in [0.5, 0.6) is 0 Å². The molecule has 1 saturated carbocycles. The molecule has 0 radical (unpaired) electrons. The summed E-state index contributed by atoms with van der Waals surface area (Å²) in [4.78, 5) is 4.78. The van der Waals surface area contributed by atoms with Gasteiger partial charge in [-0.2, -0.15) is 15.3 Å². The monoisotopic (exact) mass is 365 g/mol. The Morgan fingerprint density at radius 2 is 2.07 bits per heavy atom. The minimum Gasteiger partial charge on any atom is -0.384 e. The Balaban J connectivity index is 1.60. The smallest absolute Gasteiger partial charge is 0.155 e. The molecule has 0 atom stereocenters. The second-order valence-corrected chi connectivity index (χ2v) is 6.74. The Labute approximate surface area is 154 Å². The Morgan fingerprint density at radius 1 is 1.22 bits per heavy atom. The first-order valence-corrected chi connectivity index (χ1v) is 8.66. The molecule has 0 bridgehead atoms. The van der Waals surface area contributed by atoms with E-state index in [0.717, 1.165) is 23.9 Å². The SMILES string of the molecule is CO[C@H]1C[C@H](n2cc(-c3nc(-c4cc(N)[nH]n4)cn4nccc34)c(N)n2)C1. The number of aromatic nitrogens is 7. The van der Waals surface area contributed by atoms with Crippen molar-refractivity contribution in [3.63, 3.8) is 0 Å². The van der Waals surface area contributed by atoms with Crippen LogP contribution in [0.3, 0.4) is 0 Å². The molecule has 0 aliphatic heterocycles. The molecule has 0 aromatic carbocycles. The van der Waals surface area contributed by atoms with Gasteiger partial charge in [0.05, 0.1) is 35.6 Å². The molecular formula is C17H19N9O. The first-order chi connectivity index (χ1) is 13.1. The fourth-order valence-corrected chi connectivity index (χ4v) is 3.44. The van der Waals surface area contributed by atoms with Crippen LogP contribution in [0.2, 0.25) is 0 Å². The van der Waals surface area contributed by atoms with Crippen molar-refractivity contribution in [1.29, 1.82) is 0 Å². The molecule has 1 fully saturated rings. The number of H-pyrrole nitrogens is 1. The Hall–Kier alpha value is -3.40. The van der Waals surface area contributed by atoms with Crippen LogP contribution < -0.4 is 11.5 Å². The van der Waals surface area contributed by atoms with Crippen molar-refractivity contribution in [2.45, 2.75) is 25.0 Å². The van der Waals surface area contributed by atoms with Gasteiger partial charge in [0.1, 0.15) is 22.9 Å². The number of hydrogen-bond acceptors (Lipinski definition) is 7. The average molecular weight is 365 g/mol. The number of fused-ring (bicyclic) bond motifs is 1. The van der Waals surface area contributed by atoms with E-state index >= 15 is 0 Å². The minimum absolute atomic E-state index is 0.289. The minimum atomic E-state index is 0.289. The highest BCUT2D eigenvalue weighted by Crippen LogP contribution is 2.37. The summed E-state index contributed by atoms with van der Waals surface area (Å²) in [7, 11) is 1.73. The standard InChI is InChI=1S/C17H19N9O/c1-27-10-4-9(5-10)25-7-11(17(19)24-25)16-14-2-3-20-26(14)8-13(21-16)12-6-15(18)23-22-12/h2-3,6-10H,4-5H2,1H3,(H2,19,24)(H3,18,22,23)/t9-,10-. The normalized spacial score (nSPS) is 19.4. The molecule has 0 spiro atoms. The third-order valence-corrected chi connectivity index (χ3v) is 5.04. The maximum absolute atomic E-state index is 6.24. The van der Waals surface area contributed by atoms with E-state index in [4.69, 9.17) is 21.2 Å². The molecule has 5 N–H and O–H groups in total. The number of nitrogen functional groups attached to an aromatic ring is 2. The second kappa shape index (κ2) is 5.81. The lowest BCUT2D eigenvalue weighted by Gasteiger charge is -2.34. The van der Waals surface area contributed by atoms with E-state index in [1.165, 1.54) is 0 Å².